The fraction of sp³-hybridized carbons (Fsp3) is 0.385. The highest BCUT2D eigenvalue weighted by atomic mass is 14.1. The summed E-state index contributed by atoms with van der Waals surface area (Å²) in [6, 6.07) is 0. The normalized spacial score (nSPS) is 13.7. The van der Waals surface area contributed by atoms with Crippen molar-refractivity contribution in [3.63, 3.8) is 0 Å². The van der Waals surface area contributed by atoms with Gasteiger partial charge in [-0.2, -0.15) is 0 Å². The van der Waals surface area contributed by atoms with Crippen LogP contribution in [0.2, 0.25) is 0 Å². The monoisotopic (exact) mass is 174 g/mol. The quantitative estimate of drug-likeness (QED) is 0.452. The average Bonchev–Trinajstić information content (AvgIpc) is 2.05. The summed E-state index contributed by atoms with van der Waals surface area (Å²) in [6.07, 6.45) is 9.17. The van der Waals surface area contributed by atoms with E-state index in [-0.39, 0.29) is 0 Å². The van der Waals surface area contributed by atoms with Gasteiger partial charge in [-0.3, -0.25) is 0 Å². The summed E-state index contributed by atoms with van der Waals surface area (Å²) in [5, 5.41) is 0. The standard InChI is InChI=1S/C13H18/c1-7-9-11(5)13(8-2)12(6)10(3)4/h2,7,9-10H,1H2,3-6H3/b11-9-,13-12+. The van der Waals surface area contributed by atoms with Crippen molar-refractivity contribution in [2.75, 3.05) is 0 Å². The van der Waals surface area contributed by atoms with Crippen molar-refractivity contribution in [1.82, 2.24) is 0 Å². The van der Waals surface area contributed by atoms with Crippen LogP contribution in [0.25, 0.3) is 0 Å². The minimum Gasteiger partial charge on any atom is -0.115 e. The molecule has 0 N–H and O–H groups in total. The summed E-state index contributed by atoms with van der Waals surface area (Å²) < 4.78 is 0. The maximum atomic E-state index is 5.46. The van der Waals surface area contributed by atoms with Gasteiger partial charge in [-0.15, -0.1) is 6.42 Å². The molecule has 0 atom stereocenters. The molecule has 0 unspecified atom stereocenters. The Labute approximate surface area is 82.0 Å². The van der Waals surface area contributed by atoms with Crippen LogP contribution in [0.1, 0.15) is 27.7 Å². The Kier molecular flexibility index (Phi) is 4.92. The van der Waals surface area contributed by atoms with Gasteiger partial charge in [0.15, 0.2) is 0 Å². The first-order chi connectivity index (χ1) is 6.04. The molecule has 0 fully saturated rings. The van der Waals surface area contributed by atoms with Gasteiger partial charge in [0.25, 0.3) is 0 Å². The Hall–Kier alpha value is -1.22. The second-order valence-electron chi connectivity index (χ2n) is 3.44. The van der Waals surface area contributed by atoms with E-state index in [1.807, 2.05) is 13.0 Å². The van der Waals surface area contributed by atoms with Crippen LogP contribution < -0.4 is 0 Å². The SMILES string of the molecule is C#CC(/C(C)=C\C=C)=C(/C)C(C)C. The molecule has 0 bridgehead atoms. The predicted molar refractivity (Wildman–Crippen MR) is 60.3 cm³/mol. The van der Waals surface area contributed by atoms with Crippen LogP contribution in [0.4, 0.5) is 0 Å². The molecule has 0 rings (SSSR count). The van der Waals surface area contributed by atoms with Gasteiger partial charge in [0.05, 0.1) is 0 Å². The van der Waals surface area contributed by atoms with Gasteiger partial charge < -0.3 is 0 Å². The van der Waals surface area contributed by atoms with Gasteiger partial charge in [0, 0.05) is 5.57 Å². The minimum atomic E-state index is 0.499. The summed E-state index contributed by atoms with van der Waals surface area (Å²) in [5.41, 5.74) is 3.39. The van der Waals surface area contributed by atoms with Crippen molar-refractivity contribution < 1.29 is 0 Å². The van der Waals surface area contributed by atoms with E-state index in [0.29, 0.717) is 5.92 Å². The van der Waals surface area contributed by atoms with E-state index in [9.17, 15) is 0 Å². The molecule has 0 radical (unpaired) electrons. The zero-order valence-electron chi connectivity index (χ0n) is 9.02. The van der Waals surface area contributed by atoms with Crippen LogP contribution in [-0.2, 0) is 0 Å². The van der Waals surface area contributed by atoms with E-state index in [1.165, 1.54) is 5.57 Å². The molecular weight excluding hydrogens is 156 g/mol. The third kappa shape index (κ3) is 3.34. The molecule has 70 valence electrons. The van der Waals surface area contributed by atoms with Crippen molar-refractivity contribution in [2.24, 2.45) is 5.92 Å². The first-order valence-electron chi connectivity index (χ1n) is 4.51. The zero-order valence-corrected chi connectivity index (χ0v) is 9.02. The summed E-state index contributed by atoms with van der Waals surface area (Å²) in [5.74, 6) is 3.23. The van der Waals surface area contributed by atoms with Gasteiger partial charge in [-0.1, -0.05) is 44.1 Å². The maximum Gasteiger partial charge on any atom is 0.0263 e. The highest BCUT2D eigenvalue weighted by molar-refractivity contribution is 5.47. The Morgan fingerprint density at radius 1 is 1.38 bits per heavy atom. The Bertz CT molecular complexity index is 280. The van der Waals surface area contributed by atoms with E-state index in [2.05, 4.69) is 33.3 Å². The number of allylic oxidation sites excluding steroid dienone is 5. The summed E-state index contributed by atoms with van der Waals surface area (Å²) in [6.45, 7) is 12.0. The van der Waals surface area contributed by atoms with Gasteiger partial charge in [0.2, 0.25) is 0 Å². The van der Waals surface area contributed by atoms with Gasteiger partial charge >= 0.3 is 0 Å². The first-order valence-corrected chi connectivity index (χ1v) is 4.51. The second kappa shape index (κ2) is 5.43. The summed E-state index contributed by atoms with van der Waals surface area (Å²) in [7, 11) is 0. The van der Waals surface area contributed by atoms with Crippen LogP contribution in [0.5, 0.6) is 0 Å². The zero-order chi connectivity index (χ0) is 10.4. The van der Waals surface area contributed by atoms with E-state index in [0.717, 1.165) is 11.1 Å². The molecule has 0 aromatic rings. The van der Waals surface area contributed by atoms with E-state index >= 15 is 0 Å². The molecule has 0 saturated heterocycles. The topological polar surface area (TPSA) is 0 Å². The Morgan fingerprint density at radius 3 is 2.23 bits per heavy atom. The fourth-order valence-electron chi connectivity index (χ4n) is 1.09. The van der Waals surface area contributed by atoms with Crippen LogP contribution in [0.3, 0.4) is 0 Å². The lowest BCUT2D eigenvalue weighted by molar-refractivity contribution is 0.763. The lowest BCUT2D eigenvalue weighted by Gasteiger charge is -2.10. The number of terminal acetylenes is 1. The molecule has 0 saturated carbocycles. The highest BCUT2D eigenvalue weighted by Gasteiger charge is 2.04. The molecule has 13 heavy (non-hydrogen) atoms. The fourth-order valence-corrected chi connectivity index (χ4v) is 1.09. The Morgan fingerprint density at radius 2 is 1.92 bits per heavy atom. The number of rotatable bonds is 3. The lowest BCUT2D eigenvalue weighted by atomic mass is 9.95. The second-order valence-corrected chi connectivity index (χ2v) is 3.44. The third-order valence-electron chi connectivity index (χ3n) is 2.17. The molecule has 0 aliphatic carbocycles. The molecule has 0 spiro atoms. The molecule has 0 nitrogen and oxygen atoms in total. The van der Waals surface area contributed by atoms with Crippen molar-refractivity contribution in [2.45, 2.75) is 27.7 Å². The van der Waals surface area contributed by atoms with Crippen LogP contribution in [0.15, 0.2) is 35.5 Å². The van der Waals surface area contributed by atoms with Crippen molar-refractivity contribution in [1.29, 1.82) is 0 Å². The van der Waals surface area contributed by atoms with Crippen molar-refractivity contribution >= 4 is 0 Å². The molecule has 0 aliphatic heterocycles. The molecule has 0 aliphatic rings. The molecule has 0 heterocycles. The number of hydrogen-bond donors (Lipinski definition) is 0. The highest BCUT2D eigenvalue weighted by Crippen LogP contribution is 2.19. The molecule has 0 amide bonds. The van der Waals surface area contributed by atoms with Crippen LogP contribution >= 0.6 is 0 Å². The van der Waals surface area contributed by atoms with Gasteiger partial charge in [-0.25, -0.2) is 0 Å². The van der Waals surface area contributed by atoms with Crippen molar-refractivity contribution in [3.05, 3.63) is 35.5 Å². The third-order valence-corrected chi connectivity index (χ3v) is 2.17. The van der Waals surface area contributed by atoms with Crippen LogP contribution in [0, 0.1) is 18.3 Å². The largest absolute Gasteiger partial charge is 0.115 e. The Balaban J connectivity index is 5.14. The molecule has 0 aromatic heterocycles. The van der Waals surface area contributed by atoms with Crippen molar-refractivity contribution in [3.8, 4) is 12.3 Å². The minimum absolute atomic E-state index is 0.499. The molecule has 0 aromatic carbocycles. The summed E-state index contributed by atoms with van der Waals surface area (Å²) >= 11 is 0. The van der Waals surface area contributed by atoms with E-state index in [1.54, 1.807) is 6.08 Å². The molecule has 0 heteroatoms. The van der Waals surface area contributed by atoms with Gasteiger partial charge in [-0.05, 0) is 25.3 Å². The number of hydrogen-bond acceptors (Lipinski definition) is 0. The predicted octanol–water partition coefficient (Wildman–Crippen LogP) is 3.72. The van der Waals surface area contributed by atoms with E-state index in [4.69, 9.17) is 6.42 Å². The lowest BCUT2D eigenvalue weighted by Crippen LogP contribution is -1.95. The maximum absolute atomic E-state index is 5.46. The smallest absolute Gasteiger partial charge is 0.0263 e. The first kappa shape index (κ1) is 11.8. The summed E-state index contributed by atoms with van der Waals surface area (Å²) in [4.78, 5) is 0. The average molecular weight is 174 g/mol. The molecular formula is C13H18. The van der Waals surface area contributed by atoms with Crippen LogP contribution in [-0.4, -0.2) is 0 Å². The van der Waals surface area contributed by atoms with Gasteiger partial charge in [0.1, 0.15) is 0 Å². The van der Waals surface area contributed by atoms with E-state index < -0.39 is 0 Å².